The minimum absolute atomic E-state index is 0.0583. The molecule has 0 radical (unpaired) electrons. The summed E-state index contributed by atoms with van der Waals surface area (Å²) in [6, 6.07) is 12.5. The maximum atomic E-state index is 13.6. The molecule has 2 rings (SSSR count). The molecule has 0 aliphatic carbocycles. The van der Waals surface area contributed by atoms with Crippen LogP contribution in [0.3, 0.4) is 0 Å². The van der Waals surface area contributed by atoms with Crippen LogP contribution in [0.5, 0.6) is 5.75 Å². The number of sulfonamides is 1. The van der Waals surface area contributed by atoms with Crippen LogP contribution in [0.4, 0.5) is 5.69 Å². The fraction of sp³-hybridized carbons (Fsp3) is 0.417. The van der Waals surface area contributed by atoms with Gasteiger partial charge in [0.05, 0.1) is 19.1 Å². The molecule has 8 nitrogen and oxygen atoms in total. The lowest BCUT2D eigenvalue weighted by Crippen LogP contribution is -2.53. The fourth-order valence-electron chi connectivity index (χ4n) is 3.47. The van der Waals surface area contributed by atoms with Gasteiger partial charge in [0.2, 0.25) is 21.8 Å². The van der Waals surface area contributed by atoms with E-state index in [1.807, 2.05) is 13.8 Å². The van der Waals surface area contributed by atoms with Gasteiger partial charge in [0, 0.05) is 17.6 Å². The van der Waals surface area contributed by atoms with E-state index >= 15 is 0 Å². The van der Waals surface area contributed by atoms with E-state index in [-0.39, 0.29) is 18.5 Å². The Bertz CT molecular complexity index is 1090. The van der Waals surface area contributed by atoms with Gasteiger partial charge in [-0.2, -0.15) is 0 Å². The summed E-state index contributed by atoms with van der Waals surface area (Å²) in [5.41, 5.74) is 0.970. The van der Waals surface area contributed by atoms with Crippen LogP contribution in [0, 0.1) is 0 Å². The van der Waals surface area contributed by atoms with Crippen molar-refractivity contribution in [3.63, 3.8) is 0 Å². The third kappa shape index (κ3) is 7.36. The smallest absolute Gasteiger partial charge is 0.244 e. The van der Waals surface area contributed by atoms with Gasteiger partial charge < -0.3 is 15.0 Å². The van der Waals surface area contributed by atoms with Gasteiger partial charge in [-0.05, 0) is 56.2 Å². The first-order chi connectivity index (χ1) is 16.0. The van der Waals surface area contributed by atoms with Crippen LogP contribution in [-0.2, 0) is 26.2 Å². The van der Waals surface area contributed by atoms with Gasteiger partial charge in [-0.3, -0.25) is 13.9 Å². The molecule has 0 aliphatic rings. The van der Waals surface area contributed by atoms with E-state index in [0.29, 0.717) is 28.4 Å². The minimum atomic E-state index is -3.80. The third-order valence-corrected chi connectivity index (χ3v) is 6.66. The molecule has 1 atom stereocenters. The SMILES string of the molecule is CC[C@@H](C(=O)NC(C)C)N(Cc1ccccc1Cl)C(=O)CN(c1ccc(OC)cc1)S(C)(=O)=O. The number of nitrogens with zero attached hydrogens (tertiary/aromatic N) is 2. The second kappa shape index (κ2) is 12.1. The second-order valence-corrected chi connectivity index (χ2v) is 10.5. The topological polar surface area (TPSA) is 96.0 Å². The number of hydrogen-bond acceptors (Lipinski definition) is 5. The highest BCUT2D eigenvalue weighted by Crippen LogP contribution is 2.24. The van der Waals surface area contributed by atoms with E-state index in [1.165, 1.54) is 12.0 Å². The first-order valence-electron chi connectivity index (χ1n) is 10.9. The molecule has 0 fully saturated rings. The molecular formula is C24H32ClN3O5S. The largest absolute Gasteiger partial charge is 0.497 e. The van der Waals surface area contributed by atoms with Crippen LogP contribution >= 0.6 is 11.6 Å². The minimum Gasteiger partial charge on any atom is -0.497 e. The molecule has 0 saturated carbocycles. The molecule has 186 valence electrons. The number of halogens is 1. The number of benzene rings is 2. The lowest BCUT2D eigenvalue weighted by molar-refractivity contribution is -0.140. The van der Waals surface area contributed by atoms with Crippen LogP contribution in [0.15, 0.2) is 48.5 Å². The van der Waals surface area contributed by atoms with Crippen LogP contribution < -0.4 is 14.4 Å². The highest BCUT2D eigenvalue weighted by atomic mass is 35.5. The summed E-state index contributed by atoms with van der Waals surface area (Å²) in [7, 11) is -2.29. The average molecular weight is 510 g/mol. The highest BCUT2D eigenvalue weighted by molar-refractivity contribution is 7.92. The Hall–Kier alpha value is -2.78. The number of carbonyl (C=O) groups is 2. The summed E-state index contributed by atoms with van der Waals surface area (Å²) >= 11 is 6.33. The maximum Gasteiger partial charge on any atom is 0.244 e. The number of rotatable bonds is 11. The van der Waals surface area contributed by atoms with Gasteiger partial charge in [0.1, 0.15) is 18.3 Å². The Balaban J connectivity index is 2.44. The number of amides is 2. The van der Waals surface area contributed by atoms with Crippen molar-refractivity contribution in [3.05, 3.63) is 59.1 Å². The van der Waals surface area contributed by atoms with Crippen molar-refractivity contribution in [1.29, 1.82) is 0 Å². The maximum absolute atomic E-state index is 13.6. The summed E-state index contributed by atoms with van der Waals surface area (Å²) in [6.45, 7) is 5.05. The van der Waals surface area contributed by atoms with E-state index in [4.69, 9.17) is 16.3 Å². The van der Waals surface area contributed by atoms with Crippen LogP contribution in [-0.4, -0.2) is 57.1 Å². The normalized spacial score (nSPS) is 12.2. The molecular weight excluding hydrogens is 478 g/mol. The average Bonchev–Trinajstić information content (AvgIpc) is 2.77. The van der Waals surface area contributed by atoms with Crippen molar-refractivity contribution in [3.8, 4) is 5.75 Å². The van der Waals surface area contributed by atoms with Crippen molar-refractivity contribution >= 4 is 39.1 Å². The van der Waals surface area contributed by atoms with Gasteiger partial charge in [0.25, 0.3) is 0 Å². The predicted molar refractivity (Wildman–Crippen MR) is 135 cm³/mol. The number of anilines is 1. The Morgan fingerprint density at radius 3 is 2.21 bits per heavy atom. The van der Waals surface area contributed by atoms with E-state index in [1.54, 1.807) is 55.5 Å². The van der Waals surface area contributed by atoms with Gasteiger partial charge in [-0.25, -0.2) is 8.42 Å². The number of carbonyl (C=O) groups excluding carboxylic acids is 2. The predicted octanol–water partition coefficient (Wildman–Crippen LogP) is 3.45. The van der Waals surface area contributed by atoms with E-state index in [0.717, 1.165) is 10.6 Å². The summed E-state index contributed by atoms with van der Waals surface area (Å²) in [6.07, 6.45) is 1.38. The summed E-state index contributed by atoms with van der Waals surface area (Å²) in [5.74, 6) is -0.277. The molecule has 0 spiro atoms. The molecule has 0 aliphatic heterocycles. The molecule has 2 aromatic rings. The van der Waals surface area contributed by atoms with Crippen molar-refractivity contribution in [1.82, 2.24) is 10.2 Å². The van der Waals surface area contributed by atoms with Crippen molar-refractivity contribution < 1.29 is 22.7 Å². The first kappa shape index (κ1) is 27.5. The zero-order valence-corrected chi connectivity index (χ0v) is 21.7. The molecule has 0 bridgehead atoms. The number of ether oxygens (including phenoxy) is 1. The summed E-state index contributed by atoms with van der Waals surface area (Å²) in [4.78, 5) is 27.9. The van der Waals surface area contributed by atoms with Gasteiger partial charge in [-0.15, -0.1) is 0 Å². The lowest BCUT2D eigenvalue weighted by atomic mass is 10.1. The third-order valence-electron chi connectivity index (χ3n) is 5.15. The summed E-state index contributed by atoms with van der Waals surface area (Å²) < 4.78 is 31.3. The Morgan fingerprint density at radius 1 is 1.09 bits per heavy atom. The van der Waals surface area contributed by atoms with Crippen molar-refractivity contribution in [2.24, 2.45) is 0 Å². The standard InChI is InChI=1S/C24H32ClN3O5S/c1-6-22(24(30)26-17(2)3)27(15-18-9-7-8-10-21(18)25)23(29)16-28(34(5,31)32)19-11-13-20(33-4)14-12-19/h7-14,17,22H,6,15-16H2,1-5H3,(H,26,30)/t22-/m0/s1. The zero-order valence-electron chi connectivity index (χ0n) is 20.1. The molecule has 2 amide bonds. The molecule has 10 heteroatoms. The first-order valence-corrected chi connectivity index (χ1v) is 13.2. The fourth-order valence-corrected chi connectivity index (χ4v) is 4.52. The van der Waals surface area contributed by atoms with E-state index in [9.17, 15) is 18.0 Å². The van der Waals surface area contributed by atoms with Crippen molar-refractivity contribution in [2.75, 3.05) is 24.2 Å². The van der Waals surface area contributed by atoms with Gasteiger partial charge in [-0.1, -0.05) is 36.7 Å². The van der Waals surface area contributed by atoms with Crippen LogP contribution in [0.2, 0.25) is 5.02 Å². The van der Waals surface area contributed by atoms with Gasteiger partial charge >= 0.3 is 0 Å². The molecule has 0 unspecified atom stereocenters. The summed E-state index contributed by atoms with van der Waals surface area (Å²) in [5, 5.41) is 3.30. The Morgan fingerprint density at radius 2 is 1.71 bits per heavy atom. The molecule has 0 heterocycles. The molecule has 0 saturated heterocycles. The Labute approximate surface area is 206 Å². The zero-order chi connectivity index (χ0) is 25.5. The number of methoxy groups -OCH3 is 1. The van der Waals surface area contributed by atoms with E-state index < -0.39 is 28.5 Å². The molecule has 2 aromatic carbocycles. The second-order valence-electron chi connectivity index (χ2n) is 8.17. The number of nitrogens with one attached hydrogen (secondary N) is 1. The molecule has 1 N–H and O–H groups in total. The van der Waals surface area contributed by atoms with Crippen LogP contribution in [0.1, 0.15) is 32.8 Å². The monoisotopic (exact) mass is 509 g/mol. The number of hydrogen-bond donors (Lipinski definition) is 1. The Kier molecular flexibility index (Phi) is 9.76. The quantitative estimate of drug-likeness (QED) is 0.500. The molecule has 0 aromatic heterocycles. The molecule has 34 heavy (non-hydrogen) atoms. The van der Waals surface area contributed by atoms with Crippen molar-refractivity contribution in [2.45, 2.75) is 45.8 Å². The van der Waals surface area contributed by atoms with E-state index in [2.05, 4.69) is 5.32 Å². The highest BCUT2D eigenvalue weighted by Gasteiger charge is 2.32. The van der Waals surface area contributed by atoms with Gasteiger partial charge in [0.15, 0.2) is 0 Å². The lowest BCUT2D eigenvalue weighted by Gasteiger charge is -2.33. The van der Waals surface area contributed by atoms with Crippen LogP contribution in [0.25, 0.3) is 0 Å².